The molecule has 4 nitrogen and oxygen atoms in total. The molecular formula is C26H23NO3. The van der Waals surface area contributed by atoms with Crippen LogP contribution in [0.1, 0.15) is 68.0 Å². The van der Waals surface area contributed by atoms with Crippen LogP contribution >= 0.6 is 0 Å². The Morgan fingerprint density at radius 1 is 0.933 bits per heavy atom. The molecule has 1 heterocycles. The molecule has 150 valence electrons. The monoisotopic (exact) mass is 397 g/mol. The van der Waals surface area contributed by atoms with E-state index in [4.69, 9.17) is 4.74 Å². The molecular weight excluding hydrogens is 374 g/mol. The number of esters is 1. The van der Waals surface area contributed by atoms with Crippen LogP contribution in [0, 0.1) is 0 Å². The van der Waals surface area contributed by atoms with Gasteiger partial charge in [0.1, 0.15) is 6.10 Å². The summed E-state index contributed by atoms with van der Waals surface area (Å²) in [6, 6.07) is 23.3. The molecule has 4 heteroatoms. The number of hydrogen-bond acceptors (Lipinski definition) is 3. The van der Waals surface area contributed by atoms with Gasteiger partial charge in [-0.25, -0.2) is 4.79 Å². The minimum atomic E-state index is -0.335. The van der Waals surface area contributed by atoms with Crippen molar-refractivity contribution in [2.75, 3.05) is 0 Å². The first-order valence-electron chi connectivity index (χ1n) is 10.5. The van der Waals surface area contributed by atoms with Gasteiger partial charge in [-0.2, -0.15) is 0 Å². The molecule has 2 atom stereocenters. The van der Waals surface area contributed by atoms with Gasteiger partial charge in [0.15, 0.2) is 0 Å². The van der Waals surface area contributed by atoms with Crippen LogP contribution in [-0.4, -0.2) is 11.9 Å². The summed E-state index contributed by atoms with van der Waals surface area (Å²) in [6.07, 6.45) is 3.31. The molecule has 30 heavy (non-hydrogen) atoms. The van der Waals surface area contributed by atoms with E-state index in [9.17, 15) is 9.59 Å². The summed E-state index contributed by atoms with van der Waals surface area (Å²) >= 11 is 0. The Hall–Kier alpha value is -3.40. The Morgan fingerprint density at radius 3 is 2.60 bits per heavy atom. The number of hydrogen-bond donors (Lipinski definition) is 1. The number of rotatable bonds is 3. The van der Waals surface area contributed by atoms with Gasteiger partial charge in [-0.1, -0.05) is 54.6 Å². The molecule has 0 saturated heterocycles. The Morgan fingerprint density at radius 2 is 1.73 bits per heavy atom. The van der Waals surface area contributed by atoms with E-state index in [2.05, 4.69) is 23.5 Å². The van der Waals surface area contributed by atoms with Crippen molar-refractivity contribution in [2.24, 2.45) is 0 Å². The van der Waals surface area contributed by atoms with E-state index >= 15 is 0 Å². The quantitative estimate of drug-likeness (QED) is 0.637. The van der Waals surface area contributed by atoms with Crippen LogP contribution in [0.3, 0.4) is 0 Å². The van der Waals surface area contributed by atoms with E-state index in [0.29, 0.717) is 17.5 Å². The summed E-state index contributed by atoms with van der Waals surface area (Å²) in [7, 11) is 0. The maximum absolute atomic E-state index is 13.0. The highest BCUT2D eigenvalue weighted by Gasteiger charge is 2.29. The third kappa shape index (κ3) is 3.50. The number of cyclic esters (lactones) is 1. The fourth-order valence-electron chi connectivity index (χ4n) is 4.54. The SMILES string of the molecule is O=C(N[C@H]1CCCc2ccccc21)c1ccc2c(c1)C[C@@H](c1ccccc1)OC2=O. The minimum absolute atomic E-state index is 0.0283. The Labute approximate surface area is 175 Å². The molecule has 0 saturated carbocycles. The molecule has 0 spiro atoms. The fraction of sp³-hybridized carbons (Fsp3) is 0.231. The minimum Gasteiger partial charge on any atom is -0.454 e. The molecule has 3 aromatic rings. The van der Waals surface area contributed by atoms with Gasteiger partial charge in [0.2, 0.25) is 0 Å². The first-order chi connectivity index (χ1) is 14.7. The lowest BCUT2D eigenvalue weighted by Gasteiger charge is -2.27. The van der Waals surface area contributed by atoms with Crippen molar-refractivity contribution in [1.82, 2.24) is 5.32 Å². The molecule has 0 aromatic heterocycles. The zero-order valence-corrected chi connectivity index (χ0v) is 16.6. The number of carbonyl (C=O) groups is 2. The third-order valence-electron chi connectivity index (χ3n) is 6.09. The van der Waals surface area contributed by atoms with Gasteiger partial charge in [0.25, 0.3) is 5.91 Å². The van der Waals surface area contributed by atoms with Gasteiger partial charge < -0.3 is 10.1 Å². The molecule has 1 amide bonds. The van der Waals surface area contributed by atoms with Crippen LogP contribution in [-0.2, 0) is 17.6 Å². The zero-order valence-electron chi connectivity index (χ0n) is 16.6. The maximum atomic E-state index is 13.0. The maximum Gasteiger partial charge on any atom is 0.339 e. The largest absolute Gasteiger partial charge is 0.454 e. The lowest BCUT2D eigenvalue weighted by molar-refractivity contribution is 0.0252. The summed E-state index contributed by atoms with van der Waals surface area (Å²) in [5.74, 6) is -0.437. The Bertz CT molecular complexity index is 1110. The number of nitrogens with one attached hydrogen (secondary N) is 1. The van der Waals surface area contributed by atoms with E-state index < -0.39 is 0 Å². The first kappa shape index (κ1) is 18.6. The van der Waals surface area contributed by atoms with Crippen molar-refractivity contribution in [3.8, 4) is 0 Å². The molecule has 1 aliphatic carbocycles. The van der Waals surface area contributed by atoms with Gasteiger partial charge in [-0.05, 0) is 59.7 Å². The summed E-state index contributed by atoms with van der Waals surface area (Å²) < 4.78 is 5.62. The fourth-order valence-corrected chi connectivity index (χ4v) is 4.54. The predicted octanol–water partition coefficient (Wildman–Crippen LogP) is 4.95. The molecule has 0 bridgehead atoms. The van der Waals surface area contributed by atoms with Crippen LogP contribution in [0.25, 0.3) is 0 Å². The van der Waals surface area contributed by atoms with Gasteiger partial charge in [0, 0.05) is 12.0 Å². The van der Waals surface area contributed by atoms with Gasteiger partial charge in [-0.3, -0.25) is 4.79 Å². The summed E-state index contributed by atoms with van der Waals surface area (Å²) in [6.45, 7) is 0. The Kier molecular flexibility index (Phi) is 4.83. The van der Waals surface area contributed by atoms with E-state index in [1.54, 1.807) is 12.1 Å². The topological polar surface area (TPSA) is 55.4 Å². The standard InChI is InChI=1S/C26H23NO3/c28-25(27-23-12-6-10-17-7-4-5-11-21(17)23)19-13-14-22-20(15-19)16-24(30-26(22)29)18-8-2-1-3-9-18/h1-5,7-9,11,13-15,23-24H,6,10,12,16H2,(H,27,28)/t23-,24-/m0/s1. The van der Waals surface area contributed by atoms with Crippen LogP contribution in [0.4, 0.5) is 0 Å². The number of carbonyl (C=O) groups excluding carboxylic acids is 2. The molecule has 3 aromatic carbocycles. The van der Waals surface area contributed by atoms with Gasteiger partial charge in [0.05, 0.1) is 11.6 Å². The first-order valence-corrected chi connectivity index (χ1v) is 10.5. The van der Waals surface area contributed by atoms with Crippen LogP contribution < -0.4 is 5.32 Å². The molecule has 1 N–H and O–H groups in total. The highest BCUT2D eigenvalue weighted by Crippen LogP contribution is 2.32. The van der Waals surface area contributed by atoms with Crippen LogP contribution in [0.2, 0.25) is 0 Å². The van der Waals surface area contributed by atoms with E-state index in [1.165, 1.54) is 11.1 Å². The van der Waals surface area contributed by atoms with Crippen molar-refractivity contribution in [3.63, 3.8) is 0 Å². The predicted molar refractivity (Wildman–Crippen MR) is 114 cm³/mol. The number of ether oxygens (including phenoxy) is 1. The van der Waals surface area contributed by atoms with Crippen molar-refractivity contribution in [1.29, 1.82) is 0 Å². The number of benzene rings is 3. The number of aryl methyl sites for hydroxylation is 1. The molecule has 1 aliphatic heterocycles. The van der Waals surface area contributed by atoms with Gasteiger partial charge in [-0.15, -0.1) is 0 Å². The lowest BCUT2D eigenvalue weighted by atomic mass is 9.87. The number of amides is 1. The molecule has 0 unspecified atom stereocenters. The lowest BCUT2D eigenvalue weighted by Crippen LogP contribution is -2.31. The summed E-state index contributed by atoms with van der Waals surface area (Å²) in [5, 5.41) is 3.20. The summed E-state index contributed by atoms with van der Waals surface area (Å²) in [5.41, 5.74) is 5.47. The van der Waals surface area contributed by atoms with Gasteiger partial charge >= 0.3 is 5.97 Å². The second kappa shape index (κ2) is 7.79. The molecule has 5 rings (SSSR count). The Balaban J connectivity index is 1.38. The molecule has 2 aliphatic rings. The van der Waals surface area contributed by atoms with Crippen LogP contribution in [0.15, 0.2) is 72.8 Å². The van der Waals surface area contributed by atoms with E-state index in [0.717, 1.165) is 30.4 Å². The molecule has 0 fully saturated rings. The zero-order chi connectivity index (χ0) is 20.5. The normalized spacial score (nSPS) is 19.9. The second-order valence-corrected chi connectivity index (χ2v) is 8.00. The number of fused-ring (bicyclic) bond motifs is 2. The smallest absolute Gasteiger partial charge is 0.339 e. The van der Waals surface area contributed by atoms with Crippen molar-refractivity contribution in [2.45, 2.75) is 37.8 Å². The van der Waals surface area contributed by atoms with E-state index in [1.807, 2.05) is 42.5 Å². The average Bonchev–Trinajstić information content (AvgIpc) is 2.79. The van der Waals surface area contributed by atoms with Crippen molar-refractivity contribution < 1.29 is 14.3 Å². The highest BCUT2D eigenvalue weighted by molar-refractivity contribution is 5.98. The molecule has 0 radical (unpaired) electrons. The van der Waals surface area contributed by atoms with E-state index in [-0.39, 0.29) is 24.0 Å². The second-order valence-electron chi connectivity index (χ2n) is 8.00. The average molecular weight is 397 g/mol. The van der Waals surface area contributed by atoms with Crippen molar-refractivity contribution >= 4 is 11.9 Å². The summed E-state index contributed by atoms with van der Waals surface area (Å²) in [4.78, 5) is 25.5. The van der Waals surface area contributed by atoms with Crippen LogP contribution in [0.5, 0.6) is 0 Å². The third-order valence-corrected chi connectivity index (χ3v) is 6.09. The van der Waals surface area contributed by atoms with Crippen molar-refractivity contribution in [3.05, 3.63) is 106 Å². The highest BCUT2D eigenvalue weighted by atomic mass is 16.5.